The van der Waals surface area contributed by atoms with Gasteiger partial charge in [0.2, 0.25) is 0 Å². The first-order valence-corrected chi connectivity index (χ1v) is 7.35. The molecule has 3 atom stereocenters. The van der Waals surface area contributed by atoms with Crippen LogP contribution < -0.4 is 0 Å². The molecule has 1 N–H and O–H groups in total. The molecule has 0 bridgehead atoms. The van der Waals surface area contributed by atoms with Crippen LogP contribution in [0.5, 0.6) is 0 Å². The molecule has 18 heavy (non-hydrogen) atoms. The first-order chi connectivity index (χ1) is 8.52. The van der Waals surface area contributed by atoms with Gasteiger partial charge in [0.05, 0.1) is 5.37 Å². The summed E-state index contributed by atoms with van der Waals surface area (Å²) >= 11 is 1.55. The highest BCUT2D eigenvalue weighted by molar-refractivity contribution is 8.00. The zero-order valence-corrected chi connectivity index (χ0v) is 11.5. The van der Waals surface area contributed by atoms with Crippen molar-refractivity contribution in [1.82, 2.24) is 4.90 Å². The Bertz CT molecular complexity index is 341. The highest BCUT2D eigenvalue weighted by Gasteiger charge is 2.45. The van der Waals surface area contributed by atoms with E-state index >= 15 is 0 Å². The van der Waals surface area contributed by atoms with Crippen molar-refractivity contribution >= 4 is 23.6 Å². The van der Waals surface area contributed by atoms with Crippen LogP contribution in [0.15, 0.2) is 0 Å². The van der Waals surface area contributed by atoms with E-state index in [1.807, 2.05) is 13.8 Å². The molecule has 0 aromatic carbocycles. The van der Waals surface area contributed by atoms with E-state index in [-0.39, 0.29) is 17.2 Å². The molecular formula is C12H19NO4S. The van der Waals surface area contributed by atoms with Crippen LogP contribution in [0, 0.1) is 5.92 Å². The molecule has 0 aliphatic carbocycles. The molecule has 0 radical (unpaired) electrons. The van der Waals surface area contributed by atoms with E-state index in [0.29, 0.717) is 18.8 Å². The predicted molar refractivity (Wildman–Crippen MR) is 68.3 cm³/mol. The number of carboxylic acid groups (broad SMARTS) is 1. The van der Waals surface area contributed by atoms with Gasteiger partial charge in [0.25, 0.3) is 5.91 Å². The molecule has 0 spiro atoms. The summed E-state index contributed by atoms with van der Waals surface area (Å²) in [5, 5.41) is 9.17. The number of ether oxygens (including phenoxy) is 1. The molecule has 0 aromatic rings. The van der Waals surface area contributed by atoms with Gasteiger partial charge in [-0.2, -0.15) is 0 Å². The molecule has 5 nitrogen and oxygen atoms in total. The number of hydrogen-bond donors (Lipinski definition) is 1. The lowest BCUT2D eigenvalue weighted by molar-refractivity contribution is -0.154. The molecule has 2 saturated heterocycles. The molecule has 6 heteroatoms. The number of aliphatic carboxylic acids is 1. The van der Waals surface area contributed by atoms with Crippen molar-refractivity contribution in [3.05, 3.63) is 0 Å². The molecule has 2 heterocycles. The molecule has 2 aliphatic heterocycles. The third-order valence-electron chi connectivity index (χ3n) is 3.35. The van der Waals surface area contributed by atoms with Gasteiger partial charge in [0.1, 0.15) is 12.1 Å². The lowest BCUT2D eigenvalue weighted by atomic mass is 10.1. The topological polar surface area (TPSA) is 66.8 Å². The van der Waals surface area contributed by atoms with Crippen molar-refractivity contribution in [2.24, 2.45) is 5.92 Å². The van der Waals surface area contributed by atoms with Crippen LogP contribution in [0.3, 0.4) is 0 Å². The second kappa shape index (κ2) is 5.48. The monoisotopic (exact) mass is 273 g/mol. The second-order valence-corrected chi connectivity index (χ2v) is 6.22. The van der Waals surface area contributed by atoms with E-state index in [1.165, 1.54) is 4.90 Å². The number of thioether (sulfide) groups is 1. The summed E-state index contributed by atoms with van der Waals surface area (Å²) in [5.41, 5.74) is 0. The van der Waals surface area contributed by atoms with Crippen molar-refractivity contribution in [3.63, 3.8) is 0 Å². The Kier molecular flexibility index (Phi) is 4.17. The van der Waals surface area contributed by atoms with Crippen LogP contribution in [0.2, 0.25) is 0 Å². The van der Waals surface area contributed by atoms with Gasteiger partial charge in [-0.3, -0.25) is 4.79 Å². The van der Waals surface area contributed by atoms with Gasteiger partial charge in [-0.25, -0.2) is 4.79 Å². The van der Waals surface area contributed by atoms with Crippen LogP contribution in [0.25, 0.3) is 0 Å². The summed E-state index contributed by atoms with van der Waals surface area (Å²) in [4.78, 5) is 25.2. The Morgan fingerprint density at radius 3 is 2.67 bits per heavy atom. The van der Waals surface area contributed by atoms with Crippen molar-refractivity contribution in [2.75, 3.05) is 12.4 Å². The van der Waals surface area contributed by atoms with E-state index in [9.17, 15) is 14.7 Å². The standard InChI is InChI=1S/C12H19NO4S/c1-7(2)11-13(8(6-18-11)12(15)16)10(14)9-4-3-5-17-9/h7-9,11H,3-6H2,1-2H3,(H,15,16)/t8?,9-,11?/m0/s1. The fourth-order valence-electron chi connectivity index (χ4n) is 2.45. The van der Waals surface area contributed by atoms with Crippen LogP contribution in [0.1, 0.15) is 26.7 Å². The average Bonchev–Trinajstić information content (AvgIpc) is 2.97. The molecule has 2 unspecified atom stereocenters. The summed E-state index contributed by atoms with van der Waals surface area (Å²) in [7, 11) is 0. The zero-order valence-electron chi connectivity index (χ0n) is 10.7. The normalized spacial score (nSPS) is 32.2. The van der Waals surface area contributed by atoms with E-state index in [4.69, 9.17) is 4.74 Å². The van der Waals surface area contributed by atoms with Crippen molar-refractivity contribution in [1.29, 1.82) is 0 Å². The maximum absolute atomic E-state index is 12.4. The Hall–Kier alpha value is -0.750. The molecule has 2 fully saturated rings. The Labute approximate surface area is 111 Å². The van der Waals surface area contributed by atoms with Crippen molar-refractivity contribution in [3.8, 4) is 0 Å². The molecule has 1 amide bonds. The number of carbonyl (C=O) groups is 2. The molecular weight excluding hydrogens is 254 g/mol. The average molecular weight is 273 g/mol. The fourth-order valence-corrected chi connectivity index (χ4v) is 3.93. The second-order valence-electron chi connectivity index (χ2n) is 5.07. The van der Waals surface area contributed by atoms with Gasteiger partial charge in [-0.1, -0.05) is 13.8 Å². The quantitative estimate of drug-likeness (QED) is 0.836. The van der Waals surface area contributed by atoms with Gasteiger partial charge in [0, 0.05) is 12.4 Å². The number of rotatable bonds is 3. The number of carbonyl (C=O) groups excluding carboxylic acids is 1. The summed E-state index contributed by atoms with van der Waals surface area (Å²) in [6.07, 6.45) is 1.14. The molecule has 2 aliphatic rings. The predicted octanol–water partition coefficient (Wildman–Crippen LogP) is 1.18. The smallest absolute Gasteiger partial charge is 0.327 e. The number of amides is 1. The van der Waals surface area contributed by atoms with E-state index in [1.54, 1.807) is 11.8 Å². The van der Waals surface area contributed by atoms with Crippen LogP contribution in [0.4, 0.5) is 0 Å². The van der Waals surface area contributed by atoms with Crippen LogP contribution in [-0.2, 0) is 14.3 Å². The number of hydrogen-bond acceptors (Lipinski definition) is 4. The number of carboxylic acids is 1. The van der Waals surface area contributed by atoms with Crippen molar-refractivity contribution in [2.45, 2.75) is 44.2 Å². The van der Waals surface area contributed by atoms with E-state index in [2.05, 4.69) is 0 Å². The van der Waals surface area contributed by atoms with Gasteiger partial charge >= 0.3 is 5.97 Å². The zero-order chi connectivity index (χ0) is 13.3. The fraction of sp³-hybridized carbons (Fsp3) is 0.833. The summed E-state index contributed by atoms with van der Waals surface area (Å²) in [5.74, 6) is -0.360. The summed E-state index contributed by atoms with van der Waals surface area (Å²) < 4.78 is 5.39. The highest BCUT2D eigenvalue weighted by atomic mass is 32.2. The van der Waals surface area contributed by atoms with Gasteiger partial charge in [0.15, 0.2) is 0 Å². The molecule has 0 aromatic heterocycles. The highest BCUT2D eigenvalue weighted by Crippen LogP contribution is 2.35. The maximum atomic E-state index is 12.4. The molecule has 0 saturated carbocycles. The minimum Gasteiger partial charge on any atom is -0.480 e. The van der Waals surface area contributed by atoms with Gasteiger partial charge < -0.3 is 14.7 Å². The Balaban J connectivity index is 2.17. The van der Waals surface area contributed by atoms with Crippen LogP contribution in [-0.4, -0.2) is 51.8 Å². The summed E-state index contributed by atoms with van der Waals surface area (Å²) in [6, 6.07) is -0.709. The van der Waals surface area contributed by atoms with Gasteiger partial charge in [-0.15, -0.1) is 11.8 Å². The largest absolute Gasteiger partial charge is 0.480 e. The number of nitrogens with zero attached hydrogens (tertiary/aromatic N) is 1. The van der Waals surface area contributed by atoms with Crippen LogP contribution >= 0.6 is 11.8 Å². The van der Waals surface area contributed by atoms with Gasteiger partial charge in [-0.05, 0) is 18.8 Å². The first-order valence-electron chi connectivity index (χ1n) is 6.30. The first kappa shape index (κ1) is 13.7. The lowest BCUT2D eigenvalue weighted by Crippen LogP contribution is -2.50. The minimum absolute atomic E-state index is 0.0530. The molecule has 2 rings (SSSR count). The molecule has 102 valence electrons. The van der Waals surface area contributed by atoms with E-state index in [0.717, 1.165) is 6.42 Å². The summed E-state index contributed by atoms with van der Waals surface area (Å²) in [6.45, 7) is 4.62. The van der Waals surface area contributed by atoms with Crippen molar-refractivity contribution < 1.29 is 19.4 Å². The Morgan fingerprint density at radius 1 is 1.44 bits per heavy atom. The third kappa shape index (κ3) is 2.49. The minimum atomic E-state index is -0.919. The van der Waals surface area contributed by atoms with E-state index < -0.39 is 18.1 Å². The maximum Gasteiger partial charge on any atom is 0.327 e. The third-order valence-corrected chi connectivity index (χ3v) is 4.97. The lowest BCUT2D eigenvalue weighted by Gasteiger charge is -2.31. The Morgan fingerprint density at radius 2 is 2.17 bits per heavy atom. The SMILES string of the molecule is CC(C)C1SCC(C(=O)O)N1C(=O)[C@@H]1CCCO1.